The molecule has 1 amide bonds. The van der Waals surface area contributed by atoms with Gasteiger partial charge in [0.25, 0.3) is 5.91 Å². The number of nitrogens with one attached hydrogen (secondary N) is 1. The first-order chi connectivity index (χ1) is 9.86. The van der Waals surface area contributed by atoms with Gasteiger partial charge in [-0.1, -0.05) is 0 Å². The summed E-state index contributed by atoms with van der Waals surface area (Å²) in [5, 5.41) is 10.8. The number of amides is 1. The second-order valence-corrected chi connectivity index (χ2v) is 5.20. The fraction of sp³-hybridized carbons (Fsp3) is 0.333. The molecule has 0 bridgehead atoms. The van der Waals surface area contributed by atoms with Crippen LogP contribution in [0.5, 0.6) is 0 Å². The highest BCUT2D eigenvalue weighted by Gasteiger charge is 2.24. The normalized spacial score (nSPS) is 10.5. The Hall–Kier alpha value is -2.16. The fourth-order valence-corrected chi connectivity index (χ4v) is 2.51. The Balaban J connectivity index is 2.41. The first kappa shape index (κ1) is 15.2. The lowest BCUT2D eigenvalue weighted by Gasteiger charge is -2.07. The summed E-state index contributed by atoms with van der Waals surface area (Å²) in [6, 6.07) is 0. The molecule has 2 aromatic rings. The van der Waals surface area contributed by atoms with E-state index in [4.69, 9.17) is 4.74 Å². The van der Waals surface area contributed by atoms with Crippen molar-refractivity contribution >= 4 is 33.5 Å². The van der Waals surface area contributed by atoms with Crippen molar-refractivity contribution in [2.24, 2.45) is 14.1 Å². The van der Waals surface area contributed by atoms with Gasteiger partial charge in [0.15, 0.2) is 5.69 Å². The zero-order valence-corrected chi connectivity index (χ0v) is 13.6. The van der Waals surface area contributed by atoms with Crippen LogP contribution in [-0.4, -0.2) is 38.5 Å². The molecule has 0 spiro atoms. The standard InChI is InChI=1S/C12H14BrN5O3/c1-6-8(10(12(20)21-4)18(3)16-6)15-11(19)9-7(13)5-14-17(9)2/h5H,1-4H3,(H,15,19). The smallest absolute Gasteiger partial charge is 0.358 e. The molecule has 0 saturated carbocycles. The van der Waals surface area contributed by atoms with Crippen molar-refractivity contribution in [3.05, 3.63) is 27.8 Å². The third-order valence-corrected chi connectivity index (χ3v) is 3.53. The largest absolute Gasteiger partial charge is 0.464 e. The van der Waals surface area contributed by atoms with Crippen molar-refractivity contribution < 1.29 is 14.3 Å². The summed E-state index contributed by atoms with van der Waals surface area (Å²) >= 11 is 3.26. The van der Waals surface area contributed by atoms with Gasteiger partial charge in [-0.05, 0) is 22.9 Å². The molecule has 112 valence electrons. The first-order valence-corrected chi connectivity index (χ1v) is 6.76. The Bertz CT molecular complexity index is 699. The average molecular weight is 356 g/mol. The zero-order valence-electron chi connectivity index (χ0n) is 12.0. The predicted octanol–water partition coefficient (Wildman–Crippen LogP) is 1.26. The van der Waals surface area contributed by atoms with Gasteiger partial charge < -0.3 is 10.1 Å². The van der Waals surface area contributed by atoms with E-state index in [0.29, 0.717) is 21.5 Å². The van der Waals surface area contributed by atoms with Gasteiger partial charge in [-0.25, -0.2) is 4.79 Å². The lowest BCUT2D eigenvalue weighted by atomic mass is 10.2. The van der Waals surface area contributed by atoms with E-state index in [2.05, 4.69) is 31.4 Å². The van der Waals surface area contributed by atoms with E-state index in [1.165, 1.54) is 22.7 Å². The number of methoxy groups -OCH3 is 1. The van der Waals surface area contributed by atoms with Crippen LogP contribution >= 0.6 is 15.9 Å². The quantitative estimate of drug-likeness (QED) is 0.837. The van der Waals surface area contributed by atoms with E-state index in [0.717, 1.165) is 0 Å². The highest BCUT2D eigenvalue weighted by Crippen LogP contribution is 2.23. The Morgan fingerprint density at radius 2 is 1.95 bits per heavy atom. The molecule has 0 unspecified atom stereocenters. The summed E-state index contributed by atoms with van der Waals surface area (Å²) in [4.78, 5) is 24.2. The first-order valence-electron chi connectivity index (χ1n) is 5.97. The van der Waals surface area contributed by atoms with Crippen molar-refractivity contribution in [3.63, 3.8) is 0 Å². The number of ether oxygens (including phenoxy) is 1. The summed E-state index contributed by atoms with van der Waals surface area (Å²) in [5.74, 6) is -0.972. The molecule has 1 N–H and O–H groups in total. The number of carbonyl (C=O) groups is 2. The van der Waals surface area contributed by atoms with Gasteiger partial charge in [0, 0.05) is 14.1 Å². The van der Waals surface area contributed by atoms with Crippen molar-refractivity contribution in [2.75, 3.05) is 12.4 Å². The predicted molar refractivity (Wildman–Crippen MR) is 78.1 cm³/mol. The molecule has 0 aliphatic heterocycles. The minimum absolute atomic E-state index is 0.182. The third-order valence-electron chi connectivity index (χ3n) is 2.95. The van der Waals surface area contributed by atoms with Gasteiger partial charge in [-0.3, -0.25) is 14.2 Å². The van der Waals surface area contributed by atoms with Crippen molar-refractivity contribution in [2.45, 2.75) is 6.92 Å². The minimum Gasteiger partial charge on any atom is -0.464 e. The minimum atomic E-state index is -0.572. The summed E-state index contributed by atoms with van der Waals surface area (Å²) in [7, 11) is 4.53. The molecular weight excluding hydrogens is 342 g/mol. The number of anilines is 1. The van der Waals surface area contributed by atoms with Crippen LogP contribution in [0.15, 0.2) is 10.7 Å². The summed E-state index contributed by atoms with van der Waals surface area (Å²) in [6.07, 6.45) is 1.52. The van der Waals surface area contributed by atoms with Gasteiger partial charge in [-0.15, -0.1) is 0 Å². The van der Waals surface area contributed by atoms with Crippen molar-refractivity contribution in [3.8, 4) is 0 Å². The number of esters is 1. The molecule has 0 aliphatic carbocycles. The van der Waals surface area contributed by atoms with E-state index in [1.54, 1.807) is 21.0 Å². The molecule has 0 atom stereocenters. The van der Waals surface area contributed by atoms with E-state index < -0.39 is 11.9 Å². The van der Waals surface area contributed by atoms with Crippen LogP contribution in [0.2, 0.25) is 0 Å². The molecule has 2 aromatic heterocycles. The molecule has 2 heterocycles. The zero-order chi connectivity index (χ0) is 15.7. The Kier molecular flexibility index (Phi) is 4.12. The molecule has 0 aliphatic rings. The van der Waals surface area contributed by atoms with E-state index in [9.17, 15) is 9.59 Å². The number of hydrogen-bond acceptors (Lipinski definition) is 5. The lowest BCUT2D eigenvalue weighted by molar-refractivity contribution is 0.0589. The second kappa shape index (κ2) is 5.68. The number of aryl methyl sites for hydroxylation is 3. The highest BCUT2D eigenvalue weighted by atomic mass is 79.9. The van der Waals surface area contributed by atoms with Gasteiger partial charge >= 0.3 is 5.97 Å². The van der Waals surface area contributed by atoms with Crippen LogP contribution in [0.3, 0.4) is 0 Å². The monoisotopic (exact) mass is 355 g/mol. The lowest BCUT2D eigenvalue weighted by Crippen LogP contribution is -2.19. The van der Waals surface area contributed by atoms with Gasteiger partial charge in [0.2, 0.25) is 0 Å². The summed E-state index contributed by atoms with van der Waals surface area (Å²) < 4.78 is 8.08. The molecule has 8 nitrogen and oxygen atoms in total. The maximum absolute atomic E-state index is 12.4. The maximum atomic E-state index is 12.4. The Labute approximate surface area is 129 Å². The van der Waals surface area contributed by atoms with E-state index in [-0.39, 0.29) is 5.69 Å². The fourth-order valence-electron chi connectivity index (χ4n) is 1.98. The van der Waals surface area contributed by atoms with E-state index >= 15 is 0 Å². The SMILES string of the molecule is COC(=O)c1c(NC(=O)c2c(Br)cnn2C)c(C)nn1C. The molecular formula is C12H14BrN5O3. The van der Waals surface area contributed by atoms with Gasteiger partial charge in [-0.2, -0.15) is 10.2 Å². The molecule has 0 saturated heterocycles. The van der Waals surface area contributed by atoms with Crippen molar-refractivity contribution in [1.29, 1.82) is 0 Å². The number of aromatic nitrogens is 4. The van der Waals surface area contributed by atoms with Gasteiger partial charge in [0.05, 0.1) is 29.2 Å². The second-order valence-electron chi connectivity index (χ2n) is 4.34. The average Bonchev–Trinajstić information content (AvgIpc) is 2.89. The maximum Gasteiger partial charge on any atom is 0.358 e. The summed E-state index contributed by atoms with van der Waals surface area (Å²) in [6.45, 7) is 1.69. The number of hydrogen-bond donors (Lipinski definition) is 1. The highest BCUT2D eigenvalue weighted by molar-refractivity contribution is 9.10. The number of carbonyl (C=O) groups excluding carboxylic acids is 2. The molecule has 0 aromatic carbocycles. The molecule has 0 radical (unpaired) electrons. The van der Waals surface area contributed by atoms with Crippen LogP contribution in [0.25, 0.3) is 0 Å². The molecule has 9 heteroatoms. The van der Waals surface area contributed by atoms with Crippen LogP contribution in [0, 0.1) is 6.92 Å². The summed E-state index contributed by atoms with van der Waals surface area (Å²) in [5.41, 5.74) is 1.36. The third kappa shape index (κ3) is 2.68. The number of rotatable bonds is 3. The van der Waals surface area contributed by atoms with Crippen LogP contribution in [-0.2, 0) is 18.8 Å². The Morgan fingerprint density at radius 3 is 2.48 bits per heavy atom. The topological polar surface area (TPSA) is 91.0 Å². The number of nitrogens with zero attached hydrogens (tertiary/aromatic N) is 4. The van der Waals surface area contributed by atoms with Crippen molar-refractivity contribution in [1.82, 2.24) is 19.6 Å². The molecule has 0 fully saturated rings. The van der Waals surface area contributed by atoms with Crippen LogP contribution in [0.1, 0.15) is 26.7 Å². The molecule has 2 rings (SSSR count). The Morgan fingerprint density at radius 1 is 1.29 bits per heavy atom. The van der Waals surface area contributed by atoms with E-state index in [1.807, 2.05) is 0 Å². The van der Waals surface area contributed by atoms with Crippen LogP contribution < -0.4 is 5.32 Å². The van der Waals surface area contributed by atoms with Crippen LogP contribution in [0.4, 0.5) is 5.69 Å². The molecule has 21 heavy (non-hydrogen) atoms. The van der Waals surface area contributed by atoms with Gasteiger partial charge in [0.1, 0.15) is 5.69 Å². The number of halogens is 1.